The first kappa shape index (κ1) is 14.5. The minimum Gasteiger partial charge on any atom is -0.469 e. The van der Waals surface area contributed by atoms with E-state index in [9.17, 15) is 4.79 Å². The van der Waals surface area contributed by atoms with Gasteiger partial charge in [-0.15, -0.1) is 0 Å². The van der Waals surface area contributed by atoms with Crippen LogP contribution in [-0.2, 0) is 14.3 Å². The van der Waals surface area contributed by atoms with Crippen LogP contribution in [0, 0.1) is 0 Å². The van der Waals surface area contributed by atoms with Crippen LogP contribution < -0.4 is 0 Å². The highest BCUT2D eigenvalue weighted by atomic mass is 16.5. The molecule has 4 nitrogen and oxygen atoms in total. The Balaban J connectivity index is 1.91. The summed E-state index contributed by atoms with van der Waals surface area (Å²) in [6.45, 7) is 0. The van der Waals surface area contributed by atoms with Crippen molar-refractivity contribution in [3.05, 3.63) is 71.8 Å². The molecule has 2 atom stereocenters. The van der Waals surface area contributed by atoms with E-state index < -0.39 is 0 Å². The Kier molecular flexibility index (Phi) is 4.30. The van der Waals surface area contributed by atoms with Gasteiger partial charge in [0.05, 0.1) is 19.2 Å². The van der Waals surface area contributed by atoms with Gasteiger partial charge >= 0.3 is 5.97 Å². The van der Waals surface area contributed by atoms with E-state index in [1.807, 2.05) is 60.7 Å². The van der Waals surface area contributed by atoms with Crippen LogP contribution in [0.3, 0.4) is 0 Å². The molecule has 0 spiro atoms. The van der Waals surface area contributed by atoms with Gasteiger partial charge in [0.2, 0.25) is 0 Å². The molecule has 0 aromatic heterocycles. The number of esters is 1. The normalized spacial score (nSPS) is 20.5. The Labute approximate surface area is 129 Å². The lowest BCUT2D eigenvalue weighted by molar-refractivity contribution is -0.143. The van der Waals surface area contributed by atoms with E-state index in [1.54, 1.807) is 0 Å². The fourth-order valence-corrected chi connectivity index (χ4v) is 2.48. The van der Waals surface area contributed by atoms with Crippen molar-refractivity contribution in [1.82, 2.24) is 0 Å². The van der Waals surface area contributed by atoms with E-state index in [-0.39, 0.29) is 24.7 Å². The highest BCUT2D eigenvalue weighted by Gasteiger charge is 2.32. The largest absolute Gasteiger partial charge is 0.469 e. The Morgan fingerprint density at radius 2 is 1.73 bits per heavy atom. The quantitative estimate of drug-likeness (QED) is 0.814. The van der Waals surface area contributed by atoms with Crippen LogP contribution in [-0.4, -0.2) is 24.9 Å². The van der Waals surface area contributed by atoms with Gasteiger partial charge in [-0.3, -0.25) is 9.79 Å². The predicted octanol–water partition coefficient (Wildman–Crippen LogP) is 3.14. The van der Waals surface area contributed by atoms with Gasteiger partial charge in [0.1, 0.15) is 6.10 Å². The van der Waals surface area contributed by atoms with Gasteiger partial charge in [-0.2, -0.15) is 0 Å². The van der Waals surface area contributed by atoms with E-state index in [2.05, 4.69) is 4.99 Å². The molecule has 4 heteroatoms. The third-order valence-corrected chi connectivity index (χ3v) is 3.59. The molecular formula is C18H17NO3. The van der Waals surface area contributed by atoms with Gasteiger partial charge in [0, 0.05) is 5.56 Å². The molecule has 0 bridgehead atoms. The van der Waals surface area contributed by atoms with Crippen molar-refractivity contribution in [1.29, 1.82) is 0 Å². The lowest BCUT2D eigenvalue weighted by atomic mass is 10.0. The first-order valence-electron chi connectivity index (χ1n) is 7.18. The number of hydrogen-bond donors (Lipinski definition) is 0. The molecule has 1 aliphatic heterocycles. The summed E-state index contributed by atoms with van der Waals surface area (Å²) >= 11 is 0. The molecule has 1 heterocycles. The molecule has 2 aromatic rings. The fraction of sp³-hybridized carbons (Fsp3) is 0.222. The second kappa shape index (κ2) is 6.54. The van der Waals surface area contributed by atoms with E-state index in [1.165, 1.54) is 7.11 Å². The number of carbonyl (C=O) groups is 1. The zero-order valence-corrected chi connectivity index (χ0v) is 12.3. The molecule has 3 rings (SSSR count). The fourth-order valence-electron chi connectivity index (χ4n) is 2.48. The van der Waals surface area contributed by atoms with Crippen molar-refractivity contribution >= 4 is 11.7 Å². The van der Waals surface area contributed by atoms with Gasteiger partial charge in [-0.1, -0.05) is 60.7 Å². The van der Waals surface area contributed by atoms with Gasteiger partial charge in [-0.05, 0) is 5.56 Å². The molecule has 0 saturated carbocycles. The highest BCUT2D eigenvalue weighted by molar-refractivity contribution is 6.06. The van der Waals surface area contributed by atoms with Crippen LogP contribution in [0.5, 0.6) is 0 Å². The van der Waals surface area contributed by atoms with Gasteiger partial charge in [0.15, 0.2) is 6.23 Å². The molecule has 0 unspecified atom stereocenters. The summed E-state index contributed by atoms with van der Waals surface area (Å²) in [6, 6.07) is 19.6. The summed E-state index contributed by atoms with van der Waals surface area (Å²) in [6.07, 6.45) is -0.612. The van der Waals surface area contributed by atoms with Crippen LogP contribution in [0.4, 0.5) is 0 Å². The zero-order valence-electron chi connectivity index (χ0n) is 12.3. The van der Waals surface area contributed by atoms with E-state index in [0.29, 0.717) is 0 Å². The van der Waals surface area contributed by atoms with Gasteiger partial charge < -0.3 is 9.47 Å². The number of hydrogen-bond acceptors (Lipinski definition) is 4. The zero-order chi connectivity index (χ0) is 15.4. The average molecular weight is 295 g/mol. The molecular weight excluding hydrogens is 278 g/mol. The summed E-state index contributed by atoms with van der Waals surface area (Å²) in [5, 5.41) is 0. The summed E-state index contributed by atoms with van der Waals surface area (Å²) in [5.41, 5.74) is 2.73. The maximum Gasteiger partial charge on any atom is 0.308 e. The number of carbonyl (C=O) groups excluding carboxylic acids is 1. The summed E-state index contributed by atoms with van der Waals surface area (Å²) in [7, 11) is 1.38. The number of benzene rings is 2. The third-order valence-electron chi connectivity index (χ3n) is 3.59. The van der Waals surface area contributed by atoms with E-state index in [4.69, 9.17) is 9.47 Å². The molecule has 0 N–H and O–H groups in total. The first-order chi connectivity index (χ1) is 10.8. The number of ether oxygens (including phenoxy) is 2. The number of aliphatic imine (C=N–C) groups is 1. The second-order valence-electron chi connectivity index (χ2n) is 5.05. The highest BCUT2D eigenvalue weighted by Crippen LogP contribution is 2.31. The van der Waals surface area contributed by atoms with Crippen molar-refractivity contribution in [2.45, 2.75) is 18.8 Å². The molecule has 0 amide bonds. The smallest absolute Gasteiger partial charge is 0.308 e. The van der Waals surface area contributed by atoms with Crippen LogP contribution >= 0.6 is 0 Å². The number of rotatable bonds is 4. The lowest BCUT2D eigenvalue weighted by Crippen LogP contribution is -2.24. The lowest BCUT2D eigenvalue weighted by Gasteiger charge is -2.13. The summed E-state index contributed by atoms with van der Waals surface area (Å²) in [4.78, 5) is 16.3. The Hall–Kier alpha value is -2.46. The standard InChI is InChI=1S/C18H17NO3/c1-21-16(20)12-15-17(13-8-4-2-5-9-13)19-18(22-15)14-10-6-3-7-11-14/h2-11,15,18H,12H2,1H3/t15-,18+/m0/s1. The third kappa shape index (κ3) is 3.07. The maximum atomic E-state index is 11.6. The minimum atomic E-state index is -0.389. The van der Waals surface area contributed by atoms with Gasteiger partial charge in [0.25, 0.3) is 0 Å². The minimum absolute atomic E-state index is 0.160. The summed E-state index contributed by atoms with van der Waals surface area (Å²) < 4.78 is 10.7. The van der Waals surface area contributed by atoms with Crippen molar-refractivity contribution in [3.63, 3.8) is 0 Å². The topological polar surface area (TPSA) is 47.9 Å². The van der Waals surface area contributed by atoms with E-state index >= 15 is 0 Å². The second-order valence-corrected chi connectivity index (χ2v) is 5.05. The molecule has 112 valence electrons. The predicted molar refractivity (Wildman–Crippen MR) is 83.7 cm³/mol. The van der Waals surface area contributed by atoms with Crippen LogP contribution in [0.1, 0.15) is 23.8 Å². The molecule has 0 saturated heterocycles. The maximum absolute atomic E-state index is 11.6. The summed E-state index contributed by atoms with van der Waals surface area (Å²) in [5.74, 6) is -0.303. The number of nitrogens with zero attached hydrogens (tertiary/aromatic N) is 1. The molecule has 0 radical (unpaired) electrons. The van der Waals surface area contributed by atoms with Crippen molar-refractivity contribution in [2.24, 2.45) is 4.99 Å². The average Bonchev–Trinajstić information content (AvgIpc) is 3.00. The van der Waals surface area contributed by atoms with E-state index in [0.717, 1.165) is 16.8 Å². The Morgan fingerprint density at radius 1 is 1.09 bits per heavy atom. The van der Waals surface area contributed by atoms with Crippen molar-refractivity contribution in [3.8, 4) is 0 Å². The molecule has 1 aliphatic rings. The molecule has 2 aromatic carbocycles. The van der Waals surface area contributed by atoms with Gasteiger partial charge in [-0.25, -0.2) is 0 Å². The van der Waals surface area contributed by atoms with Crippen LogP contribution in [0.15, 0.2) is 65.7 Å². The monoisotopic (exact) mass is 295 g/mol. The first-order valence-corrected chi connectivity index (χ1v) is 7.18. The Morgan fingerprint density at radius 3 is 2.36 bits per heavy atom. The van der Waals surface area contributed by atoms with Crippen LogP contribution in [0.2, 0.25) is 0 Å². The SMILES string of the molecule is COC(=O)C[C@@H]1O[C@H](c2ccccc2)N=C1c1ccccc1. The van der Waals surface area contributed by atoms with Crippen molar-refractivity contribution in [2.75, 3.05) is 7.11 Å². The molecule has 0 fully saturated rings. The van der Waals surface area contributed by atoms with Crippen LogP contribution in [0.25, 0.3) is 0 Å². The Bertz CT molecular complexity index is 667. The molecule has 22 heavy (non-hydrogen) atoms. The van der Waals surface area contributed by atoms with Crippen molar-refractivity contribution < 1.29 is 14.3 Å². The molecule has 0 aliphatic carbocycles. The number of methoxy groups -OCH3 is 1.